The van der Waals surface area contributed by atoms with Gasteiger partial charge in [0.05, 0.1) is 12.2 Å². The van der Waals surface area contributed by atoms with Gasteiger partial charge in [-0.1, -0.05) is 30.3 Å². The molecule has 0 fully saturated rings. The largest absolute Gasteiger partial charge is 0.377 e. The minimum absolute atomic E-state index is 0.609. The van der Waals surface area contributed by atoms with Crippen molar-refractivity contribution >= 4 is 5.69 Å². The topological polar surface area (TPSA) is 55.6 Å². The van der Waals surface area contributed by atoms with E-state index in [0.29, 0.717) is 6.54 Å². The molecule has 5 heteroatoms. The number of hydrogen-bond donors (Lipinski definition) is 1. The molecule has 0 bridgehead atoms. The Hall–Kier alpha value is -2.69. The van der Waals surface area contributed by atoms with E-state index in [1.807, 2.05) is 30.3 Å². The summed E-state index contributed by atoms with van der Waals surface area (Å²) in [6.07, 6.45) is 4.91. The summed E-state index contributed by atoms with van der Waals surface area (Å²) in [7, 11) is 0. The molecular formula is C18H19N5. The molecule has 0 saturated heterocycles. The lowest BCUT2D eigenvalue weighted by Gasteiger charge is -2.20. The van der Waals surface area contributed by atoms with E-state index in [4.69, 9.17) is 0 Å². The minimum atomic E-state index is 0.609. The summed E-state index contributed by atoms with van der Waals surface area (Å²) in [6.45, 7) is 0.609. The van der Waals surface area contributed by atoms with Crippen molar-refractivity contribution in [1.29, 1.82) is 0 Å². The van der Waals surface area contributed by atoms with Gasteiger partial charge in [-0.3, -0.25) is 0 Å². The molecule has 1 N–H and O–H groups in total. The van der Waals surface area contributed by atoms with E-state index in [9.17, 15) is 0 Å². The van der Waals surface area contributed by atoms with E-state index in [-0.39, 0.29) is 0 Å². The Morgan fingerprint density at radius 1 is 0.957 bits per heavy atom. The highest BCUT2D eigenvalue weighted by Gasteiger charge is 2.14. The van der Waals surface area contributed by atoms with Crippen LogP contribution in [0.15, 0.2) is 48.5 Å². The molecule has 0 atom stereocenters. The van der Waals surface area contributed by atoms with Gasteiger partial charge < -0.3 is 5.32 Å². The van der Waals surface area contributed by atoms with Crippen LogP contribution in [0.3, 0.4) is 0 Å². The molecule has 116 valence electrons. The Morgan fingerprint density at radius 2 is 1.83 bits per heavy atom. The van der Waals surface area contributed by atoms with Gasteiger partial charge in [0.1, 0.15) is 0 Å². The maximum atomic E-state index is 4.16. The number of hydrogen-bond acceptors (Lipinski definition) is 4. The molecule has 1 aromatic heterocycles. The Labute approximate surface area is 135 Å². The molecule has 5 nitrogen and oxygen atoms in total. The van der Waals surface area contributed by atoms with Gasteiger partial charge in [-0.25, -0.2) is 0 Å². The van der Waals surface area contributed by atoms with Crippen LogP contribution in [0.2, 0.25) is 0 Å². The normalized spacial score (nSPS) is 13.6. The highest BCUT2D eigenvalue weighted by molar-refractivity contribution is 5.55. The number of fused-ring (bicyclic) bond motifs is 1. The van der Waals surface area contributed by atoms with Crippen molar-refractivity contribution in [2.24, 2.45) is 0 Å². The molecular weight excluding hydrogens is 286 g/mol. The van der Waals surface area contributed by atoms with Crippen LogP contribution in [0, 0.1) is 0 Å². The van der Waals surface area contributed by atoms with Gasteiger partial charge in [0, 0.05) is 5.69 Å². The standard InChI is InChI=1S/C18H19N5/c1-2-9-15(10-3-1)23-18(20-21-22-23)13-19-17-12-6-8-14-7-4-5-11-16(14)17/h1-3,6,8-10,12,19H,4-5,7,11,13H2. The Bertz CT molecular complexity index is 794. The predicted molar refractivity (Wildman–Crippen MR) is 89.6 cm³/mol. The van der Waals surface area contributed by atoms with Crippen LogP contribution in [0.5, 0.6) is 0 Å². The second kappa shape index (κ2) is 6.20. The summed E-state index contributed by atoms with van der Waals surface area (Å²) in [5, 5.41) is 15.6. The lowest BCUT2D eigenvalue weighted by atomic mass is 9.90. The van der Waals surface area contributed by atoms with Crippen LogP contribution in [-0.4, -0.2) is 20.2 Å². The third kappa shape index (κ3) is 2.82. The molecule has 2 aromatic carbocycles. The molecule has 0 unspecified atom stereocenters. The van der Waals surface area contributed by atoms with Crippen molar-refractivity contribution in [3.63, 3.8) is 0 Å². The van der Waals surface area contributed by atoms with Gasteiger partial charge in [-0.15, -0.1) is 5.10 Å². The van der Waals surface area contributed by atoms with E-state index < -0.39 is 0 Å². The zero-order valence-electron chi connectivity index (χ0n) is 12.9. The Kier molecular flexibility index (Phi) is 3.76. The average Bonchev–Trinajstić information content (AvgIpc) is 3.09. The van der Waals surface area contributed by atoms with Gasteiger partial charge in [0.25, 0.3) is 0 Å². The molecule has 0 spiro atoms. The third-order valence-corrected chi connectivity index (χ3v) is 4.37. The summed E-state index contributed by atoms with van der Waals surface area (Å²) >= 11 is 0. The molecule has 0 radical (unpaired) electrons. The molecule has 0 saturated carbocycles. The number of aromatic nitrogens is 4. The second-order valence-corrected chi connectivity index (χ2v) is 5.85. The second-order valence-electron chi connectivity index (χ2n) is 5.85. The van der Waals surface area contributed by atoms with Crippen molar-refractivity contribution in [2.45, 2.75) is 32.2 Å². The van der Waals surface area contributed by atoms with Crippen molar-refractivity contribution in [2.75, 3.05) is 5.32 Å². The Morgan fingerprint density at radius 3 is 2.74 bits per heavy atom. The predicted octanol–water partition coefficient (Wildman–Crippen LogP) is 3.15. The van der Waals surface area contributed by atoms with Crippen LogP contribution in [-0.2, 0) is 19.4 Å². The van der Waals surface area contributed by atoms with Crippen LogP contribution in [0.25, 0.3) is 5.69 Å². The quantitative estimate of drug-likeness (QED) is 0.804. The van der Waals surface area contributed by atoms with E-state index in [2.05, 4.69) is 39.0 Å². The van der Waals surface area contributed by atoms with Gasteiger partial charge >= 0.3 is 0 Å². The zero-order valence-corrected chi connectivity index (χ0v) is 12.9. The molecule has 23 heavy (non-hydrogen) atoms. The zero-order chi connectivity index (χ0) is 15.5. The first-order chi connectivity index (χ1) is 11.4. The monoisotopic (exact) mass is 305 g/mol. The van der Waals surface area contributed by atoms with Crippen LogP contribution in [0.1, 0.15) is 29.8 Å². The smallest absolute Gasteiger partial charge is 0.175 e. The van der Waals surface area contributed by atoms with Crippen molar-refractivity contribution < 1.29 is 0 Å². The molecule has 1 heterocycles. The number of benzene rings is 2. The van der Waals surface area contributed by atoms with E-state index in [0.717, 1.165) is 17.9 Å². The summed E-state index contributed by atoms with van der Waals surface area (Å²) in [5.41, 5.74) is 5.12. The summed E-state index contributed by atoms with van der Waals surface area (Å²) in [6, 6.07) is 16.5. The average molecular weight is 305 g/mol. The highest BCUT2D eigenvalue weighted by atomic mass is 15.5. The fourth-order valence-electron chi connectivity index (χ4n) is 3.21. The van der Waals surface area contributed by atoms with Crippen LogP contribution >= 0.6 is 0 Å². The first-order valence-electron chi connectivity index (χ1n) is 8.09. The summed E-state index contributed by atoms with van der Waals surface area (Å²) in [4.78, 5) is 0. The highest BCUT2D eigenvalue weighted by Crippen LogP contribution is 2.28. The number of nitrogens with one attached hydrogen (secondary N) is 1. The molecule has 0 amide bonds. The fourth-order valence-corrected chi connectivity index (χ4v) is 3.21. The van der Waals surface area contributed by atoms with Gasteiger partial charge in [0.2, 0.25) is 0 Å². The molecule has 3 aromatic rings. The number of rotatable bonds is 4. The molecule has 4 rings (SSSR count). The van der Waals surface area contributed by atoms with E-state index >= 15 is 0 Å². The third-order valence-electron chi connectivity index (χ3n) is 4.37. The first kappa shape index (κ1) is 13.9. The number of anilines is 1. The number of aryl methyl sites for hydroxylation is 1. The van der Waals surface area contributed by atoms with Crippen LogP contribution < -0.4 is 5.32 Å². The van der Waals surface area contributed by atoms with Crippen LogP contribution in [0.4, 0.5) is 5.69 Å². The SMILES string of the molecule is c1ccc(-n2nnnc2CNc2cccc3c2CCCC3)cc1. The number of tetrazole rings is 1. The van der Waals surface area contributed by atoms with E-state index in [1.54, 1.807) is 4.68 Å². The first-order valence-corrected chi connectivity index (χ1v) is 8.09. The lowest BCUT2D eigenvalue weighted by Crippen LogP contribution is -2.12. The Balaban J connectivity index is 1.56. The number of para-hydroxylation sites is 1. The van der Waals surface area contributed by atoms with Gasteiger partial charge in [-0.05, 0) is 65.4 Å². The molecule has 1 aliphatic rings. The van der Waals surface area contributed by atoms with Crippen molar-refractivity contribution in [3.8, 4) is 5.69 Å². The fraction of sp³-hybridized carbons (Fsp3) is 0.278. The van der Waals surface area contributed by atoms with Crippen molar-refractivity contribution in [1.82, 2.24) is 20.2 Å². The summed E-state index contributed by atoms with van der Waals surface area (Å²) < 4.78 is 1.78. The van der Waals surface area contributed by atoms with Gasteiger partial charge in [-0.2, -0.15) is 4.68 Å². The molecule has 0 aliphatic heterocycles. The maximum Gasteiger partial charge on any atom is 0.175 e. The minimum Gasteiger partial charge on any atom is -0.377 e. The maximum absolute atomic E-state index is 4.16. The van der Waals surface area contributed by atoms with Crippen molar-refractivity contribution in [3.05, 3.63) is 65.5 Å². The van der Waals surface area contributed by atoms with Gasteiger partial charge in [0.15, 0.2) is 5.82 Å². The number of nitrogens with zero attached hydrogens (tertiary/aromatic N) is 4. The summed E-state index contributed by atoms with van der Waals surface area (Å²) in [5.74, 6) is 0.810. The lowest BCUT2D eigenvalue weighted by molar-refractivity contribution is 0.686. The van der Waals surface area contributed by atoms with E-state index in [1.165, 1.54) is 36.1 Å². The molecule has 1 aliphatic carbocycles.